The number of aliphatic carboxylic acids is 1. The van der Waals surface area contributed by atoms with Crippen LogP contribution < -0.4 is 11.5 Å². The summed E-state index contributed by atoms with van der Waals surface area (Å²) >= 11 is 0. The normalized spacial score (nSPS) is 28.1. The Morgan fingerprint density at radius 3 is 2.50 bits per heavy atom. The molecule has 1 fully saturated rings. The van der Waals surface area contributed by atoms with Crippen molar-refractivity contribution in [2.45, 2.75) is 43.8 Å². The number of amides is 1. The second-order valence-electron chi connectivity index (χ2n) is 6.07. The third-order valence-electron chi connectivity index (χ3n) is 3.98. The van der Waals surface area contributed by atoms with Gasteiger partial charge in [0.25, 0.3) is 0 Å². The van der Waals surface area contributed by atoms with Crippen LogP contribution in [0.3, 0.4) is 0 Å². The summed E-state index contributed by atoms with van der Waals surface area (Å²) in [6.45, 7) is 1.40. The zero-order valence-corrected chi connectivity index (χ0v) is 12.6. The number of likely N-dealkylation sites (tertiary alicyclic amines) is 1. The number of hydrogen-bond acceptors (Lipinski definition) is 7. The number of nitrogens with two attached hydrogens (primary N) is 2. The van der Waals surface area contributed by atoms with E-state index in [-0.39, 0.29) is 31.7 Å². The standard InChI is InChI=1S/C12H24BN3O6/c1-7(17)9(14)10(18)16-5-8(2-3-13(21)22)4-12(15,6-16)11(19)20/h7-9,17,21-22H,2-6,14-15H2,1H3,(H,19,20)/t7?,8-,9?,12+/m0/s1. The molecule has 0 saturated carbocycles. The van der Waals surface area contributed by atoms with Gasteiger partial charge in [0.1, 0.15) is 11.6 Å². The van der Waals surface area contributed by atoms with Crippen molar-refractivity contribution in [2.24, 2.45) is 17.4 Å². The van der Waals surface area contributed by atoms with Crippen molar-refractivity contribution < 1.29 is 29.9 Å². The van der Waals surface area contributed by atoms with Gasteiger partial charge >= 0.3 is 13.1 Å². The van der Waals surface area contributed by atoms with Crippen molar-refractivity contribution >= 4 is 19.0 Å². The minimum atomic E-state index is -1.61. The third-order valence-corrected chi connectivity index (χ3v) is 3.98. The molecule has 2 unspecified atom stereocenters. The Kier molecular flexibility index (Phi) is 6.32. The van der Waals surface area contributed by atoms with Crippen molar-refractivity contribution in [3.63, 3.8) is 0 Å². The molecular formula is C12H24BN3O6. The van der Waals surface area contributed by atoms with Crippen molar-refractivity contribution in [2.75, 3.05) is 13.1 Å². The van der Waals surface area contributed by atoms with Crippen LogP contribution in [0.4, 0.5) is 0 Å². The molecule has 1 rings (SSSR count). The second kappa shape index (κ2) is 7.38. The molecule has 0 aromatic rings. The van der Waals surface area contributed by atoms with Crippen LogP contribution in [0.15, 0.2) is 0 Å². The quantitative estimate of drug-likeness (QED) is 0.285. The maximum absolute atomic E-state index is 12.2. The van der Waals surface area contributed by atoms with E-state index in [1.807, 2.05) is 0 Å². The van der Waals surface area contributed by atoms with Crippen LogP contribution in [0.2, 0.25) is 6.32 Å². The molecule has 22 heavy (non-hydrogen) atoms. The summed E-state index contributed by atoms with van der Waals surface area (Å²) < 4.78 is 0. The summed E-state index contributed by atoms with van der Waals surface area (Å²) in [5.74, 6) is -2.09. The van der Waals surface area contributed by atoms with Gasteiger partial charge in [-0.1, -0.05) is 6.42 Å². The lowest BCUT2D eigenvalue weighted by atomic mass is 9.75. The van der Waals surface area contributed by atoms with Gasteiger partial charge in [-0.05, 0) is 25.6 Å². The highest BCUT2D eigenvalue weighted by Crippen LogP contribution is 2.28. The van der Waals surface area contributed by atoms with E-state index in [0.29, 0.717) is 6.42 Å². The summed E-state index contributed by atoms with van der Waals surface area (Å²) in [4.78, 5) is 24.9. The van der Waals surface area contributed by atoms with Gasteiger partial charge < -0.3 is 36.6 Å². The van der Waals surface area contributed by atoms with E-state index in [0.717, 1.165) is 0 Å². The number of aliphatic hydroxyl groups excluding tert-OH is 1. The van der Waals surface area contributed by atoms with Crippen molar-refractivity contribution in [3.8, 4) is 0 Å². The summed E-state index contributed by atoms with van der Waals surface area (Å²) in [6.07, 6.45) is -0.560. The fraction of sp³-hybridized carbons (Fsp3) is 0.833. The number of rotatable bonds is 6. The first kappa shape index (κ1) is 18.9. The van der Waals surface area contributed by atoms with Gasteiger partial charge in [0, 0.05) is 13.1 Å². The predicted molar refractivity (Wildman–Crippen MR) is 78.5 cm³/mol. The predicted octanol–water partition coefficient (Wildman–Crippen LogP) is -2.81. The largest absolute Gasteiger partial charge is 0.480 e. The number of hydrogen-bond donors (Lipinski definition) is 6. The van der Waals surface area contributed by atoms with Gasteiger partial charge in [-0.2, -0.15) is 0 Å². The van der Waals surface area contributed by atoms with Crippen LogP contribution in [-0.2, 0) is 9.59 Å². The van der Waals surface area contributed by atoms with Crippen LogP contribution in [0.1, 0.15) is 19.8 Å². The van der Waals surface area contributed by atoms with Gasteiger partial charge in [-0.15, -0.1) is 0 Å². The lowest BCUT2D eigenvalue weighted by molar-refractivity contribution is -0.150. The van der Waals surface area contributed by atoms with E-state index in [9.17, 15) is 19.8 Å². The van der Waals surface area contributed by atoms with E-state index in [4.69, 9.17) is 21.5 Å². The van der Waals surface area contributed by atoms with Crippen molar-refractivity contribution in [3.05, 3.63) is 0 Å². The van der Waals surface area contributed by atoms with Crippen molar-refractivity contribution in [1.29, 1.82) is 0 Å². The molecule has 0 aromatic heterocycles. The molecule has 1 aliphatic rings. The summed E-state index contributed by atoms with van der Waals surface area (Å²) in [5, 5.41) is 36.6. The van der Waals surface area contributed by atoms with Gasteiger partial charge in [0.15, 0.2) is 0 Å². The smallest absolute Gasteiger partial charge is 0.451 e. The number of carboxylic acids is 1. The van der Waals surface area contributed by atoms with Gasteiger partial charge in [0.05, 0.1) is 6.10 Å². The lowest BCUT2D eigenvalue weighted by Gasteiger charge is -2.42. The second-order valence-corrected chi connectivity index (χ2v) is 6.07. The Balaban J connectivity index is 2.88. The molecule has 0 radical (unpaired) electrons. The van der Waals surface area contributed by atoms with Crippen LogP contribution >= 0.6 is 0 Å². The van der Waals surface area contributed by atoms with E-state index < -0.39 is 36.7 Å². The highest BCUT2D eigenvalue weighted by Gasteiger charge is 2.45. The summed E-state index contributed by atoms with van der Waals surface area (Å²) in [6, 6.07) is -1.15. The fourth-order valence-electron chi connectivity index (χ4n) is 2.68. The third kappa shape index (κ3) is 4.65. The average molecular weight is 317 g/mol. The number of carboxylic acid groups (broad SMARTS) is 1. The first-order valence-corrected chi connectivity index (χ1v) is 7.17. The monoisotopic (exact) mass is 317 g/mol. The highest BCUT2D eigenvalue weighted by molar-refractivity contribution is 6.40. The van der Waals surface area contributed by atoms with Crippen LogP contribution in [0.5, 0.6) is 0 Å². The molecule has 0 bridgehead atoms. The molecule has 0 spiro atoms. The number of piperidine rings is 1. The first-order valence-electron chi connectivity index (χ1n) is 7.17. The number of aliphatic hydroxyl groups is 1. The number of nitrogens with zero attached hydrogens (tertiary/aromatic N) is 1. The molecule has 0 aromatic carbocycles. The lowest BCUT2D eigenvalue weighted by Crippen LogP contribution is -2.65. The number of carbonyl (C=O) groups excluding carboxylic acids is 1. The first-order chi connectivity index (χ1) is 10.1. The Morgan fingerprint density at radius 1 is 1.45 bits per heavy atom. The van der Waals surface area contributed by atoms with Gasteiger partial charge in [0.2, 0.25) is 5.91 Å². The van der Waals surface area contributed by atoms with E-state index >= 15 is 0 Å². The van der Waals surface area contributed by atoms with Gasteiger partial charge in [-0.25, -0.2) is 0 Å². The molecular weight excluding hydrogens is 293 g/mol. The minimum absolute atomic E-state index is 0.0604. The minimum Gasteiger partial charge on any atom is -0.480 e. The molecule has 10 heteroatoms. The summed E-state index contributed by atoms with van der Waals surface area (Å²) in [5.41, 5.74) is 9.88. The average Bonchev–Trinajstić information content (AvgIpc) is 2.42. The zero-order valence-electron chi connectivity index (χ0n) is 12.6. The van der Waals surface area contributed by atoms with Gasteiger partial charge in [-0.3, -0.25) is 9.59 Å². The highest BCUT2D eigenvalue weighted by atomic mass is 16.4. The van der Waals surface area contributed by atoms with E-state index in [1.165, 1.54) is 11.8 Å². The molecule has 0 aliphatic carbocycles. The Morgan fingerprint density at radius 2 is 2.05 bits per heavy atom. The van der Waals surface area contributed by atoms with E-state index in [2.05, 4.69) is 0 Å². The maximum atomic E-state index is 12.2. The Labute approximate surface area is 129 Å². The van der Waals surface area contributed by atoms with Crippen LogP contribution in [0.25, 0.3) is 0 Å². The Hall–Kier alpha value is -1.20. The fourth-order valence-corrected chi connectivity index (χ4v) is 2.68. The molecule has 1 saturated heterocycles. The molecule has 9 nitrogen and oxygen atoms in total. The maximum Gasteiger partial charge on any atom is 0.451 e. The molecule has 126 valence electrons. The van der Waals surface area contributed by atoms with E-state index in [1.54, 1.807) is 0 Å². The Bertz CT molecular complexity index is 422. The summed E-state index contributed by atoms with van der Waals surface area (Å²) in [7, 11) is -1.50. The molecule has 1 aliphatic heterocycles. The van der Waals surface area contributed by atoms with Crippen LogP contribution in [-0.4, -0.2) is 74.9 Å². The molecule has 4 atom stereocenters. The molecule has 8 N–H and O–H groups in total. The SMILES string of the molecule is CC(O)C(N)C(=O)N1C[C@@H](CCB(O)O)C[C@](N)(C(=O)O)C1. The topological polar surface area (TPSA) is 170 Å². The number of carbonyl (C=O) groups is 2. The molecule has 1 amide bonds. The van der Waals surface area contributed by atoms with Crippen molar-refractivity contribution in [1.82, 2.24) is 4.90 Å². The molecule has 1 heterocycles. The zero-order chi connectivity index (χ0) is 17.1. The van der Waals surface area contributed by atoms with Crippen LogP contribution in [0, 0.1) is 5.92 Å².